The van der Waals surface area contributed by atoms with Crippen LogP contribution in [-0.2, 0) is 19.0 Å². The molecule has 0 aromatic heterocycles. The summed E-state index contributed by atoms with van der Waals surface area (Å²) >= 11 is 0. The lowest BCUT2D eigenvalue weighted by Gasteiger charge is -2.39. The summed E-state index contributed by atoms with van der Waals surface area (Å²) in [4.78, 5) is 11.8. The van der Waals surface area contributed by atoms with Crippen molar-refractivity contribution >= 4 is 5.97 Å². The number of allylic oxidation sites excluding steroid dienone is 1. The molecule has 4 nitrogen and oxygen atoms in total. The number of ether oxygens (including phenoxy) is 3. The molecule has 0 amide bonds. The lowest BCUT2D eigenvalue weighted by molar-refractivity contribution is -0.185. The average Bonchev–Trinajstić information content (AvgIpc) is 2.81. The van der Waals surface area contributed by atoms with Gasteiger partial charge in [-0.25, -0.2) is 0 Å². The molecule has 1 aliphatic carbocycles. The second kappa shape index (κ2) is 5.41. The summed E-state index contributed by atoms with van der Waals surface area (Å²) in [6, 6.07) is 0. The van der Waals surface area contributed by atoms with Gasteiger partial charge in [0.2, 0.25) is 0 Å². The van der Waals surface area contributed by atoms with E-state index in [2.05, 4.69) is 6.58 Å². The Morgan fingerprint density at radius 3 is 2.83 bits per heavy atom. The Bertz CT molecular complexity index is 331. The van der Waals surface area contributed by atoms with Crippen molar-refractivity contribution in [3.8, 4) is 0 Å². The summed E-state index contributed by atoms with van der Waals surface area (Å²) in [5.74, 6) is -0.718. The van der Waals surface area contributed by atoms with Gasteiger partial charge in [-0.1, -0.05) is 19.1 Å². The topological polar surface area (TPSA) is 44.8 Å². The minimum absolute atomic E-state index is 0.0934. The summed E-state index contributed by atoms with van der Waals surface area (Å²) in [7, 11) is 0. The summed E-state index contributed by atoms with van der Waals surface area (Å²) in [6.45, 7) is 9.53. The summed E-state index contributed by atoms with van der Waals surface area (Å²) in [6.07, 6.45) is 2.41. The van der Waals surface area contributed by atoms with E-state index in [1.165, 1.54) is 0 Å². The molecule has 0 unspecified atom stereocenters. The molecule has 18 heavy (non-hydrogen) atoms. The van der Waals surface area contributed by atoms with Crippen LogP contribution in [0.5, 0.6) is 0 Å². The number of carbonyl (C=O) groups excluding carboxylic acids is 1. The third-order valence-electron chi connectivity index (χ3n) is 3.96. The molecular weight excluding hydrogens is 232 g/mol. The van der Waals surface area contributed by atoms with E-state index in [0.717, 1.165) is 18.4 Å². The Morgan fingerprint density at radius 1 is 1.56 bits per heavy atom. The molecule has 2 atom stereocenters. The zero-order valence-electron chi connectivity index (χ0n) is 11.2. The predicted molar refractivity (Wildman–Crippen MR) is 66.9 cm³/mol. The lowest BCUT2D eigenvalue weighted by Crippen LogP contribution is -2.40. The van der Waals surface area contributed by atoms with Gasteiger partial charge in [0.05, 0.1) is 25.7 Å². The fraction of sp³-hybridized carbons (Fsp3) is 0.786. The van der Waals surface area contributed by atoms with E-state index in [4.69, 9.17) is 14.2 Å². The van der Waals surface area contributed by atoms with E-state index < -0.39 is 5.79 Å². The highest BCUT2D eigenvalue weighted by molar-refractivity contribution is 5.72. The van der Waals surface area contributed by atoms with Gasteiger partial charge in [0.25, 0.3) is 0 Å². The first kappa shape index (κ1) is 13.6. The van der Waals surface area contributed by atoms with Crippen LogP contribution in [0.4, 0.5) is 0 Å². The van der Waals surface area contributed by atoms with Crippen molar-refractivity contribution < 1.29 is 19.0 Å². The van der Waals surface area contributed by atoms with Gasteiger partial charge in [-0.05, 0) is 19.3 Å². The molecule has 0 bridgehead atoms. The van der Waals surface area contributed by atoms with Crippen LogP contribution in [-0.4, -0.2) is 31.6 Å². The number of carbonyl (C=O) groups is 1. The van der Waals surface area contributed by atoms with Crippen LogP contribution in [0.1, 0.15) is 33.1 Å². The molecule has 1 saturated carbocycles. The van der Waals surface area contributed by atoms with Gasteiger partial charge in [0.1, 0.15) is 0 Å². The molecule has 102 valence electrons. The Kier molecular flexibility index (Phi) is 4.07. The van der Waals surface area contributed by atoms with Gasteiger partial charge in [0.15, 0.2) is 5.79 Å². The third kappa shape index (κ3) is 2.59. The van der Waals surface area contributed by atoms with Crippen molar-refractivity contribution in [3.63, 3.8) is 0 Å². The maximum atomic E-state index is 11.8. The normalized spacial score (nSPS) is 28.3. The van der Waals surface area contributed by atoms with E-state index in [9.17, 15) is 4.79 Å². The number of rotatable bonds is 3. The van der Waals surface area contributed by atoms with Crippen LogP contribution in [0.2, 0.25) is 0 Å². The Balaban J connectivity index is 2.05. The molecule has 1 saturated heterocycles. The van der Waals surface area contributed by atoms with Crippen molar-refractivity contribution in [1.29, 1.82) is 0 Å². The number of hydrogen-bond donors (Lipinski definition) is 0. The van der Waals surface area contributed by atoms with Crippen molar-refractivity contribution in [2.24, 2.45) is 11.8 Å². The molecule has 4 heteroatoms. The zero-order valence-corrected chi connectivity index (χ0v) is 11.2. The molecule has 0 N–H and O–H groups in total. The average molecular weight is 254 g/mol. The lowest BCUT2D eigenvalue weighted by atomic mass is 9.75. The quantitative estimate of drug-likeness (QED) is 0.572. The first-order valence-electron chi connectivity index (χ1n) is 6.70. The highest BCUT2D eigenvalue weighted by atomic mass is 16.7. The first-order chi connectivity index (χ1) is 8.58. The smallest absolute Gasteiger partial charge is 0.309 e. The molecule has 0 aromatic rings. The molecule has 0 aromatic carbocycles. The molecular formula is C14H22O4. The molecule has 1 aliphatic heterocycles. The van der Waals surface area contributed by atoms with Crippen molar-refractivity contribution in [2.75, 3.05) is 19.8 Å². The molecule has 1 spiro atoms. The zero-order chi connectivity index (χ0) is 13.2. The maximum Gasteiger partial charge on any atom is 0.309 e. The van der Waals surface area contributed by atoms with Crippen molar-refractivity contribution in [1.82, 2.24) is 0 Å². The Hall–Kier alpha value is -0.870. The van der Waals surface area contributed by atoms with Crippen LogP contribution in [0.25, 0.3) is 0 Å². The van der Waals surface area contributed by atoms with Crippen LogP contribution in [0.15, 0.2) is 12.2 Å². The van der Waals surface area contributed by atoms with Crippen LogP contribution < -0.4 is 0 Å². The van der Waals surface area contributed by atoms with Gasteiger partial charge >= 0.3 is 5.97 Å². The molecule has 0 radical (unpaired) electrons. The molecule has 1 heterocycles. The predicted octanol–water partition coefficient (Wildman–Crippen LogP) is 2.29. The van der Waals surface area contributed by atoms with Gasteiger partial charge in [0, 0.05) is 12.8 Å². The number of hydrogen-bond acceptors (Lipinski definition) is 4. The fourth-order valence-corrected chi connectivity index (χ4v) is 2.85. The minimum atomic E-state index is -0.480. The van der Waals surface area contributed by atoms with E-state index in [1.54, 1.807) is 0 Å². The standard InChI is InChI=1S/C14H22O4/c1-4-16-13(15)11(3)12-9-14(6-5-10(12)2)17-7-8-18-14/h11-12H,2,4-9H2,1,3H3/t11-,12-/m0/s1. The van der Waals surface area contributed by atoms with E-state index in [-0.39, 0.29) is 17.8 Å². The summed E-state index contributed by atoms with van der Waals surface area (Å²) in [5.41, 5.74) is 1.11. The second-order valence-corrected chi connectivity index (χ2v) is 5.12. The van der Waals surface area contributed by atoms with Crippen LogP contribution >= 0.6 is 0 Å². The third-order valence-corrected chi connectivity index (χ3v) is 3.96. The van der Waals surface area contributed by atoms with Gasteiger partial charge in [-0.15, -0.1) is 0 Å². The van der Waals surface area contributed by atoms with Crippen molar-refractivity contribution in [2.45, 2.75) is 38.9 Å². The number of esters is 1. The maximum absolute atomic E-state index is 11.8. The van der Waals surface area contributed by atoms with Crippen LogP contribution in [0, 0.1) is 11.8 Å². The van der Waals surface area contributed by atoms with Gasteiger partial charge in [-0.2, -0.15) is 0 Å². The van der Waals surface area contributed by atoms with Gasteiger partial charge < -0.3 is 14.2 Å². The largest absolute Gasteiger partial charge is 0.466 e. The SMILES string of the molecule is C=C1CCC2(C[C@@H]1[C@H](C)C(=O)OCC)OCCO2. The minimum Gasteiger partial charge on any atom is -0.466 e. The Labute approximate surface area is 108 Å². The van der Waals surface area contributed by atoms with Crippen LogP contribution in [0.3, 0.4) is 0 Å². The van der Waals surface area contributed by atoms with E-state index >= 15 is 0 Å². The molecule has 2 fully saturated rings. The molecule has 2 aliphatic rings. The molecule has 2 rings (SSSR count). The fourth-order valence-electron chi connectivity index (χ4n) is 2.85. The van der Waals surface area contributed by atoms with Gasteiger partial charge in [-0.3, -0.25) is 4.79 Å². The highest BCUT2D eigenvalue weighted by Crippen LogP contribution is 2.43. The monoisotopic (exact) mass is 254 g/mol. The Morgan fingerprint density at radius 2 is 2.22 bits per heavy atom. The summed E-state index contributed by atoms with van der Waals surface area (Å²) in [5, 5.41) is 0. The first-order valence-corrected chi connectivity index (χ1v) is 6.70. The van der Waals surface area contributed by atoms with E-state index in [1.807, 2.05) is 13.8 Å². The summed E-state index contributed by atoms with van der Waals surface area (Å²) < 4.78 is 16.6. The van der Waals surface area contributed by atoms with Crippen molar-refractivity contribution in [3.05, 3.63) is 12.2 Å². The highest BCUT2D eigenvalue weighted by Gasteiger charge is 2.45. The second-order valence-electron chi connectivity index (χ2n) is 5.12. The van der Waals surface area contributed by atoms with E-state index in [0.29, 0.717) is 26.2 Å².